The molecule has 2 fully saturated rings. The van der Waals surface area contributed by atoms with Gasteiger partial charge in [-0.1, -0.05) is 12.1 Å². The Morgan fingerprint density at radius 1 is 0.892 bits per heavy atom. The highest BCUT2D eigenvalue weighted by molar-refractivity contribution is 7.80. The summed E-state index contributed by atoms with van der Waals surface area (Å²) in [7, 11) is 0. The first-order chi connectivity index (χ1) is 18.1. The highest BCUT2D eigenvalue weighted by Crippen LogP contribution is 2.44. The Bertz CT molecular complexity index is 1380. The van der Waals surface area contributed by atoms with Crippen molar-refractivity contribution in [3.63, 3.8) is 0 Å². The van der Waals surface area contributed by atoms with Crippen LogP contribution in [0.1, 0.15) is 34.7 Å². The topological polar surface area (TPSA) is 58.5 Å². The van der Waals surface area contributed by atoms with Crippen LogP contribution in [0.3, 0.4) is 0 Å². The van der Waals surface area contributed by atoms with Gasteiger partial charge in [0.05, 0.1) is 31.0 Å². The Hall–Kier alpha value is -3.75. The molecular weight excluding hydrogens is 480 g/mol. The summed E-state index contributed by atoms with van der Waals surface area (Å²) < 4.78 is 7.74. The smallest absolute Gasteiger partial charge is 0.174 e. The molecule has 2 atom stereocenters. The number of ether oxygens (including phenoxy) is 1. The third-order valence-electron chi connectivity index (χ3n) is 7.27. The molecule has 37 heavy (non-hydrogen) atoms. The van der Waals surface area contributed by atoms with Gasteiger partial charge in [-0.3, -0.25) is 4.98 Å². The quantitative estimate of drug-likeness (QED) is 0.383. The maximum absolute atomic E-state index is 5.95. The predicted octanol–water partition coefficient (Wildman–Crippen LogP) is 4.90. The van der Waals surface area contributed by atoms with Crippen LogP contribution in [0.25, 0.3) is 5.82 Å². The van der Waals surface area contributed by atoms with Gasteiger partial charge in [0, 0.05) is 48.2 Å². The number of benzene rings is 1. The van der Waals surface area contributed by atoms with Crippen molar-refractivity contribution in [1.29, 1.82) is 0 Å². The van der Waals surface area contributed by atoms with Crippen LogP contribution in [0, 0.1) is 13.8 Å². The van der Waals surface area contributed by atoms with Gasteiger partial charge in [-0.25, -0.2) is 4.98 Å². The molecule has 0 aliphatic carbocycles. The third-order valence-corrected chi connectivity index (χ3v) is 7.58. The minimum atomic E-state index is -0.0923. The molecule has 6 rings (SSSR count). The van der Waals surface area contributed by atoms with E-state index in [1.54, 1.807) is 0 Å². The number of aromatic nitrogens is 3. The molecule has 3 aromatic heterocycles. The zero-order chi connectivity index (χ0) is 25.4. The zero-order valence-electron chi connectivity index (χ0n) is 21.0. The molecular formula is C29H30N6OS. The van der Waals surface area contributed by atoms with Crippen molar-refractivity contribution >= 4 is 28.7 Å². The van der Waals surface area contributed by atoms with Gasteiger partial charge in [0.2, 0.25) is 0 Å². The second kappa shape index (κ2) is 9.95. The van der Waals surface area contributed by atoms with Gasteiger partial charge in [0.1, 0.15) is 5.82 Å². The molecule has 1 N–H and O–H groups in total. The van der Waals surface area contributed by atoms with Crippen molar-refractivity contribution in [1.82, 2.24) is 19.9 Å². The van der Waals surface area contributed by atoms with Crippen molar-refractivity contribution in [2.45, 2.75) is 25.9 Å². The molecule has 2 aliphatic heterocycles. The molecule has 2 saturated heterocycles. The number of rotatable bonds is 5. The summed E-state index contributed by atoms with van der Waals surface area (Å²) in [4.78, 5) is 13.9. The summed E-state index contributed by atoms with van der Waals surface area (Å²) in [6, 6.07) is 22.9. The number of pyridine rings is 2. The van der Waals surface area contributed by atoms with Crippen LogP contribution in [0.5, 0.6) is 0 Å². The van der Waals surface area contributed by atoms with Gasteiger partial charge in [-0.2, -0.15) is 0 Å². The summed E-state index contributed by atoms with van der Waals surface area (Å²) in [5, 5.41) is 4.28. The fraction of sp³-hybridized carbons (Fsp3) is 0.276. The first-order valence-electron chi connectivity index (χ1n) is 12.7. The summed E-state index contributed by atoms with van der Waals surface area (Å²) in [5.41, 5.74) is 6.69. The maximum atomic E-state index is 5.95. The van der Waals surface area contributed by atoms with Crippen LogP contribution in [0.2, 0.25) is 0 Å². The molecule has 0 saturated carbocycles. The molecule has 2 aliphatic rings. The largest absolute Gasteiger partial charge is 0.378 e. The van der Waals surface area contributed by atoms with Gasteiger partial charge in [0.15, 0.2) is 5.11 Å². The normalized spacial score (nSPS) is 19.8. The van der Waals surface area contributed by atoms with Crippen LogP contribution in [-0.2, 0) is 4.74 Å². The van der Waals surface area contributed by atoms with Crippen LogP contribution in [0.15, 0.2) is 79.1 Å². The Morgan fingerprint density at radius 2 is 1.59 bits per heavy atom. The van der Waals surface area contributed by atoms with Crippen LogP contribution in [-0.4, -0.2) is 46.0 Å². The number of aryl methyl sites for hydroxylation is 1. The lowest BCUT2D eigenvalue weighted by Gasteiger charge is -2.31. The lowest BCUT2D eigenvalue weighted by Crippen LogP contribution is -2.36. The minimum Gasteiger partial charge on any atom is -0.378 e. The number of nitrogens with one attached hydrogen (secondary N) is 1. The molecule has 1 aromatic carbocycles. The standard InChI is InChI=1S/C29H30N6OS/c1-20-19-24(21(2)34(20)26-8-4-6-14-31-26)28-27(25-7-3-5-13-30-25)32-29(37)35(28)23-11-9-22(10-12-23)33-15-17-36-18-16-33/h3-14,19,27-28H,15-18H2,1-2H3,(H,32,37). The summed E-state index contributed by atoms with van der Waals surface area (Å²) >= 11 is 5.95. The number of thiocarbonyl (C=S) groups is 1. The van der Waals surface area contributed by atoms with Gasteiger partial charge in [0.25, 0.3) is 0 Å². The van der Waals surface area contributed by atoms with Crippen LogP contribution < -0.4 is 15.1 Å². The van der Waals surface area contributed by atoms with Crippen molar-refractivity contribution in [3.8, 4) is 5.82 Å². The van der Waals surface area contributed by atoms with E-state index >= 15 is 0 Å². The Labute approximate surface area is 222 Å². The summed E-state index contributed by atoms with van der Waals surface area (Å²) in [6.07, 6.45) is 3.67. The summed E-state index contributed by atoms with van der Waals surface area (Å²) in [6.45, 7) is 7.64. The van der Waals surface area contributed by atoms with Crippen molar-refractivity contribution in [2.24, 2.45) is 0 Å². The summed E-state index contributed by atoms with van der Waals surface area (Å²) in [5.74, 6) is 0.910. The van der Waals surface area contributed by atoms with E-state index in [2.05, 4.69) is 74.9 Å². The molecule has 5 heterocycles. The molecule has 8 heteroatoms. The number of nitrogens with zero attached hydrogens (tertiary/aromatic N) is 5. The molecule has 0 radical (unpaired) electrons. The second-order valence-electron chi connectivity index (χ2n) is 9.46. The Kier molecular flexibility index (Phi) is 6.36. The molecule has 0 amide bonds. The maximum Gasteiger partial charge on any atom is 0.174 e. The molecule has 0 spiro atoms. The van der Waals surface area contributed by atoms with E-state index in [1.165, 1.54) is 11.3 Å². The first kappa shape index (κ1) is 23.6. The monoisotopic (exact) mass is 510 g/mol. The molecule has 7 nitrogen and oxygen atoms in total. The van der Waals surface area contributed by atoms with Crippen molar-refractivity contribution in [2.75, 3.05) is 36.1 Å². The molecule has 2 unspecified atom stereocenters. The zero-order valence-corrected chi connectivity index (χ0v) is 21.9. The molecule has 188 valence electrons. The van der Waals surface area contributed by atoms with Crippen molar-refractivity contribution < 1.29 is 4.74 Å². The Morgan fingerprint density at radius 3 is 2.27 bits per heavy atom. The molecule has 0 bridgehead atoms. The van der Waals surface area contributed by atoms with E-state index in [1.807, 2.05) is 42.7 Å². The van der Waals surface area contributed by atoms with Gasteiger partial charge in [-0.15, -0.1) is 0 Å². The van der Waals surface area contributed by atoms with E-state index in [4.69, 9.17) is 21.9 Å². The van der Waals surface area contributed by atoms with Crippen LogP contribution in [0.4, 0.5) is 11.4 Å². The Balaban J connectivity index is 1.43. The van der Waals surface area contributed by atoms with Crippen LogP contribution >= 0.6 is 12.2 Å². The number of anilines is 2. The van der Waals surface area contributed by atoms with E-state index < -0.39 is 0 Å². The number of morpholine rings is 1. The average Bonchev–Trinajstić information content (AvgIpc) is 3.45. The first-order valence-corrected chi connectivity index (χ1v) is 13.1. The lowest BCUT2D eigenvalue weighted by molar-refractivity contribution is 0.122. The SMILES string of the molecule is Cc1cc(C2C(c3ccccn3)NC(=S)N2c2ccc(N3CCOCC3)cc2)c(C)n1-c1ccccn1. The van der Waals surface area contributed by atoms with E-state index in [9.17, 15) is 0 Å². The van der Waals surface area contributed by atoms with Gasteiger partial charge in [-0.05, 0) is 86.2 Å². The van der Waals surface area contributed by atoms with E-state index in [-0.39, 0.29) is 12.1 Å². The minimum absolute atomic E-state index is 0.0692. The fourth-order valence-electron chi connectivity index (χ4n) is 5.52. The molecule has 4 aromatic rings. The van der Waals surface area contributed by atoms with Gasteiger partial charge >= 0.3 is 0 Å². The predicted molar refractivity (Wildman–Crippen MR) is 150 cm³/mol. The third kappa shape index (κ3) is 4.36. The second-order valence-corrected chi connectivity index (χ2v) is 9.85. The van der Waals surface area contributed by atoms with Crippen molar-refractivity contribution in [3.05, 3.63) is 102 Å². The highest BCUT2D eigenvalue weighted by atomic mass is 32.1. The average molecular weight is 511 g/mol. The fourth-order valence-corrected chi connectivity index (χ4v) is 5.87. The lowest BCUT2D eigenvalue weighted by atomic mass is 9.96. The van der Waals surface area contributed by atoms with Gasteiger partial charge < -0.3 is 24.4 Å². The van der Waals surface area contributed by atoms with E-state index in [0.29, 0.717) is 5.11 Å². The van der Waals surface area contributed by atoms with E-state index in [0.717, 1.165) is 54.9 Å². The highest BCUT2D eigenvalue weighted by Gasteiger charge is 2.42. The number of hydrogen-bond donors (Lipinski definition) is 1. The number of hydrogen-bond acceptors (Lipinski definition) is 5.